The van der Waals surface area contributed by atoms with Crippen molar-refractivity contribution in [1.29, 1.82) is 0 Å². The molecule has 3 heteroatoms. The van der Waals surface area contributed by atoms with Crippen LogP contribution in [0.5, 0.6) is 5.75 Å². The Balaban J connectivity index is 1.56. The Kier molecular flexibility index (Phi) is 5.09. The van der Waals surface area contributed by atoms with Gasteiger partial charge in [-0.1, -0.05) is 42.5 Å². The molecule has 0 amide bonds. The summed E-state index contributed by atoms with van der Waals surface area (Å²) in [6.45, 7) is 2.43. The van der Waals surface area contributed by atoms with Crippen molar-refractivity contribution in [2.24, 2.45) is 5.92 Å². The molecule has 0 aromatic heterocycles. The third-order valence-electron chi connectivity index (χ3n) is 4.06. The van der Waals surface area contributed by atoms with E-state index in [0.717, 1.165) is 42.5 Å². The van der Waals surface area contributed by atoms with Gasteiger partial charge in [-0.2, -0.15) is 0 Å². The summed E-state index contributed by atoms with van der Waals surface area (Å²) in [6.07, 6.45) is 2.61. The highest BCUT2D eigenvalue weighted by Gasteiger charge is 2.22. The maximum atomic E-state index is 9.36. The fraction of sp³-hybridized carbons (Fsp3) is 0.368. The molecule has 116 valence electrons. The fourth-order valence-corrected chi connectivity index (χ4v) is 2.50. The van der Waals surface area contributed by atoms with Crippen LogP contribution in [-0.2, 0) is 19.7 Å². The molecular formula is C19H23NO2. The molecule has 2 N–H and O–H groups in total. The van der Waals surface area contributed by atoms with Gasteiger partial charge in [0.05, 0.1) is 13.2 Å². The van der Waals surface area contributed by atoms with Crippen LogP contribution in [0.3, 0.4) is 0 Å². The van der Waals surface area contributed by atoms with Gasteiger partial charge in [0.15, 0.2) is 0 Å². The molecule has 3 nitrogen and oxygen atoms in total. The van der Waals surface area contributed by atoms with Crippen LogP contribution < -0.4 is 10.1 Å². The van der Waals surface area contributed by atoms with E-state index in [1.807, 2.05) is 42.5 Å². The van der Waals surface area contributed by atoms with Crippen LogP contribution in [0.4, 0.5) is 0 Å². The molecule has 0 heterocycles. The summed E-state index contributed by atoms with van der Waals surface area (Å²) >= 11 is 0. The van der Waals surface area contributed by atoms with E-state index in [2.05, 4.69) is 11.4 Å². The molecule has 0 spiro atoms. The quantitative estimate of drug-likeness (QED) is 0.786. The van der Waals surface area contributed by atoms with E-state index < -0.39 is 0 Å². The molecule has 1 fully saturated rings. The van der Waals surface area contributed by atoms with Gasteiger partial charge in [-0.3, -0.25) is 0 Å². The maximum absolute atomic E-state index is 9.36. The van der Waals surface area contributed by atoms with Gasteiger partial charge in [0, 0.05) is 18.7 Å². The largest absolute Gasteiger partial charge is 0.493 e. The first-order valence-corrected chi connectivity index (χ1v) is 7.96. The molecule has 1 aliphatic rings. The van der Waals surface area contributed by atoms with Crippen LogP contribution in [-0.4, -0.2) is 11.7 Å². The van der Waals surface area contributed by atoms with E-state index in [0.29, 0.717) is 0 Å². The maximum Gasteiger partial charge on any atom is 0.123 e. The molecule has 0 saturated heterocycles. The zero-order chi connectivity index (χ0) is 15.2. The van der Waals surface area contributed by atoms with Crippen LogP contribution >= 0.6 is 0 Å². The number of nitrogens with one attached hydrogen (secondary N) is 1. The lowest BCUT2D eigenvalue weighted by atomic mass is 10.1. The zero-order valence-corrected chi connectivity index (χ0v) is 12.8. The number of para-hydroxylation sites is 1. The third-order valence-corrected chi connectivity index (χ3v) is 4.06. The van der Waals surface area contributed by atoms with Crippen molar-refractivity contribution in [3.63, 3.8) is 0 Å². The Hall–Kier alpha value is -1.84. The van der Waals surface area contributed by atoms with Gasteiger partial charge in [0.2, 0.25) is 0 Å². The van der Waals surface area contributed by atoms with Crippen molar-refractivity contribution in [3.05, 3.63) is 65.2 Å². The smallest absolute Gasteiger partial charge is 0.123 e. The summed E-state index contributed by atoms with van der Waals surface area (Å²) in [4.78, 5) is 0. The van der Waals surface area contributed by atoms with Gasteiger partial charge in [0.25, 0.3) is 0 Å². The molecule has 2 aromatic carbocycles. The van der Waals surface area contributed by atoms with Crippen molar-refractivity contribution in [1.82, 2.24) is 5.32 Å². The number of ether oxygens (including phenoxy) is 1. The van der Waals surface area contributed by atoms with Gasteiger partial charge >= 0.3 is 0 Å². The lowest BCUT2D eigenvalue weighted by Crippen LogP contribution is -2.15. The Labute approximate surface area is 131 Å². The van der Waals surface area contributed by atoms with Gasteiger partial charge in [0.1, 0.15) is 5.75 Å². The SMILES string of the molecule is OCc1ccccc1CNCc1ccccc1OCC1CC1. The summed E-state index contributed by atoms with van der Waals surface area (Å²) in [5.41, 5.74) is 3.30. The Morgan fingerprint density at radius 1 is 0.909 bits per heavy atom. The molecule has 3 rings (SSSR count). The molecule has 0 unspecified atom stereocenters. The molecule has 1 aliphatic carbocycles. The van der Waals surface area contributed by atoms with Crippen LogP contribution in [0.15, 0.2) is 48.5 Å². The first-order valence-electron chi connectivity index (χ1n) is 7.96. The number of rotatable bonds is 8. The van der Waals surface area contributed by atoms with Gasteiger partial charge in [-0.15, -0.1) is 0 Å². The molecule has 0 aliphatic heterocycles. The molecule has 2 aromatic rings. The predicted octanol–water partition coefficient (Wildman–Crippen LogP) is 3.26. The molecular weight excluding hydrogens is 274 g/mol. The van der Waals surface area contributed by atoms with Crippen molar-refractivity contribution in [3.8, 4) is 5.75 Å². The minimum Gasteiger partial charge on any atom is -0.493 e. The monoisotopic (exact) mass is 297 g/mol. The average molecular weight is 297 g/mol. The van der Waals surface area contributed by atoms with Gasteiger partial charge in [-0.25, -0.2) is 0 Å². The summed E-state index contributed by atoms with van der Waals surface area (Å²) in [7, 11) is 0. The number of benzene rings is 2. The van der Waals surface area contributed by atoms with Gasteiger partial charge in [-0.05, 0) is 36.0 Å². The summed E-state index contributed by atoms with van der Waals surface area (Å²) in [6, 6.07) is 16.2. The van der Waals surface area contributed by atoms with E-state index in [1.54, 1.807) is 0 Å². The zero-order valence-electron chi connectivity index (χ0n) is 12.8. The van der Waals surface area contributed by atoms with Crippen molar-refractivity contribution in [2.45, 2.75) is 32.5 Å². The molecule has 0 radical (unpaired) electrons. The van der Waals surface area contributed by atoms with E-state index in [-0.39, 0.29) is 6.61 Å². The van der Waals surface area contributed by atoms with Crippen LogP contribution in [0.1, 0.15) is 29.5 Å². The predicted molar refractivity (Wildman–Crippen MR) is 87.6 cm³/mol. The van der Waals surface area contributed by atoms with Crippen LogP contribution in [0.2, 0.25) is 0 Å². The fourth-order valence-electron chi connectivity index (χ4n) is 2.50. The van der Waals surface area contributed by atoms with Crippen molar-refractivity contribution >= 4 is 0 Å². The highest BCUT2D eigenvalue weighted by Crippen LogP contribution is 2.30. The van der Waals surface area contributed by atoms with E-state index >= 15 is 0 Å². The van der Waals surface area contributed by atoms with Crippen molar-refractivity contribution in [2.75, 3.05) is 6.61 Å². The molecule has 0 bridgehead atoms. The summed E-state index contributed by atoms with van der Waals surface area (Å²) < 4.78 is 5.93. The molecule has 22 heavy (non-hydrogen) atoms. The van der Waals surface area contributed by atoms with E-state index in [4.69, 9.17) is 4.74 Å². The number of hydrogen-bond donors (Lipinski definition) is 2. The summed E-state index contributed by atoms with van der Waals surface area (Å²) in [5.74, 6) is 1.75. The molecule has 0 atom stereocenters. The standard InChI is InChI=1S/C19H23NO2/c21-13-18-7-2-1-5-16(18)11-20-12-17-6-3-4-8-19(17)22-14-15-9-10-15/h1-8,15,20-21H,9-14H2. The summed E-state index contributed by atoms with van der Waals surface area (Å²) in [5, 5.41) is 12.8. The number of aliphatic hydroxyl groups is 1. The van der Waals surface area contributed by atoms with Gasteiger partial charge < -0.3 is 15.2 Å². The first-order chi connectivity index (χ1) is 10.9. The lowest BCUT2D eigenvalue weighted by molar-refractivity contribution is 0.280. The second kappa shape index (κ2) is 7.43. The third kappa shape index (κ3) is 4.09. The van der Waals surface area contributed by atoms with Crippen LogP contribution in [0.25, 0.3) is 0 Å². The lowest BCUT2D eigenvalue weighted by Gasteiger charge is -2.13. The van der Waals surface area contributed by atoms with E-state index in [1.165, 1.54) is 18.4 Å². The minimum atomic E-state index is 0.0823. The van der Waals surface area contributed by atoms with E-state index in [9.17, 15) is 5.11 Å². The number of hydrogen-bond acceptors (Lipinski definition) is 3. The van der Waals surface area contributed by atoms with Crippen LogP contribution in [0, 0.1) is 5.92 Å². The average Bonchev–Trinajstić information content (AvgIpc) is 3.39. The highest BCUT2D eigenvalue weighted by molar-refractivity contribution is 5.33. The Morgan fingerprint density at radius 2 is 1.55 bits per heavy atom. The van der Waals surface area contributed by atoms with Crippen molar-refractivity contribution < 1.29 is 9.84 Å². The topological polar surface area (TPSA) is 41.5 Å². The Morgan fingerprint density at radius 3 is 2.27 bits per heavy atom. The first kappa shape index (κ1) is 15.1. The minimum absolute atomic E-state index is 0.0823. The Bertz CT molecular complexity index is 608. The highest BCUT2D eigenvalue weighted by atomic mass is 16.5. The second-order valence-corrected chi connectivity index (χ2v) is 5.89. The molecule has 1 saturated carbocycles. The second-order valence-electron chi connectivity index (χ2n) is 5.89. The normalized spacial score (nSPS) is 14.0. The number of aliphatic hydroxyl groups excluding tert-OH is 1.